The van der Waals surface area contributed by atoms with Crippen molar-refractivity contribution in [1.29, 1.82) is 0 Å². The van der Waals surface area contributed by atoms with Crippen molar-refractivity contribution in [2.24, 2.45) is 0 Å². The van der Waals surface area contributed by atoms with E-state index in [1.54, 1.807) is 0 Å². The van der Waals surface area contributed by atoms with Gasteiger partial charge in [0.05, 0.1) is 0 Å². The molecule has 0 rings (SSSR count). The first-order chi connectivity index (χ1) is 32.0. The molecule has 0 N–H and O–H groups in total. The highest BCUT2D eigenvalue weighted by Gasteiger charge is 2.19. The van der Waals surface area contributed by atoms with Crippen LogP contribution >= 0.6 is 0 Å². The Morgan fingerprint density at radius 3 is 0.969 bits per heavy atom. The van der Waals surface area contributed by atoms with Gasteiger partial charge in [0.25, 0.3) is 0 Å². The molecule has 0 aromatic carbocycles. The highest BCUT2D eigenvalue weighted by atomic mass is 16.6. The fourth-order valence-electron chi connectivity index (χ4n) is 7.80. The smallest absolute Gasteiger partial charge is 0.306 e. The molecule has 0 amide bonds. The van der Waals surface area contributed by atoms with Crippen molar-refractivity contribution in [3.05, 3.63) is 60.8 Å². The maximum absolute atomic E-state index is 12.8. The summed E-state index contributed by atoms with van der Waals surface area (Å²) < 4.78 is 16.8. The van der Waals surface area contributed by atoms with Gasteiger partial charge in [-0.15, -0.1) is 0 Å². The van der Waals surface area contributed by atoms with E-state index in [0.717, 1.165) is 83.5 Å². The molecule has 65 heavy (non-hydrogen) atoms. The third-order valence-corrected chi connectivity index (χ3v) is 12.0. The number of hydrogen-bond donors (Lipinski definition) is 0. The highest BCUT2D eigenvalue weighted by Crippen LogP contribution is 2.15. The lowest BCUT2D eigenvalue weighted by Gasteiger charge is -2.18. The first-order valence-corrected chi connectivity index (χ1v) is 27.8. The zero-order chi connectivity index (χ0) is 47.2. The number of rotatable bonds is 50. The van der Waals surface area contributed by atoms with Crippen molar-refractivity contribution >= 4 is 17.9 Å². The minimum atomic E-state index is -0.789. The van der Waals surface area contributed by atoms with Gasteiger partial charge in [0.1, 0.15) is 13.2 Å². The van der Waals surface area contributed by atoms with E-state index in [1.807, 2.05) is 0 Å². The summed E-state index contributed by atoms with van der Waals surface area (Å²) in [5, 5.41) is 0. The van der Waals surface area contributed by atoms with Crippen molar-refractivity contribution in [3.63, 3.8) is 0 Å². The number of carbonyl (C=O) groups is 3. The van der Waals surface area contributed by atoms with Gasteiger partial charge in [-0.2, -0.15) is 0 Å². The summed E-state index contributed by atoms with van der Waals surface area (Å²) in [6.45, 7) is 6.50. The molecule has 0 saturated heterocycles. The molecule has 0 radical (unpaired) electrons. The number of hydrogen-bond acceptors (Lipinski definition) is 6. The van der Waals surface area contributed by atoms with Gasteiger partial charge in [-0.3, -0.25) is 14.4 Å². The van der Waals surface area contributed by atoms with Gasteiger partial charge in [0, 0.05) is 19.3 Å². The third kappa shape index (κ3) is 51.9. The predicted octanol–water partition coefficient (Wildman–Crippen LogP) is 18.4. The molecule has 0 saturated carbocycles. The molecule has 0 aliphatic heterocycles. The molecule has 0 fully saturated rings. The van der Waals surface area contributed by atoms with Gasteiger partial charge >= 0.3 is 17.9 Å². The molecule has 1 unspecified atom stereocenters. The monoisotopic (exact) mass is 909 g/mol. The second kappa shape index (κ2) is 53.7. The standard InChI is InChI=1S/C59H104O6/c1-4-7-10-13-16-19-22-25-27-29-31-34-37-40-43-46-49-52-58(61)64-55-56(54-63-57(60)51-48-45-42-39-36-33-24-21-18-15-12-9-6-3)65-59(62)53-50-47-44-41-38-35-32-30-28-26-23-20-17-14-11-8-5-2/h9,12,18,21,25-28,33,36,56H,4-8,10-11,13-17,19-20,22-24,29-32,34-35,37-55H2,1-3H3/b12-9-,21-18-,27-25-,28-26-,36-33-. The second-order valence-electron chi connectivity index (χ2n) is 18.5. The van der Waals surface area contributed by atoms with E-state index in [1.165, 1.54) is 154 Å². The zero-order valence-electron chi connectivity index (χ0n) is 43.0. The number of esters is 3. The average Bonchev–Trinajstić information content (AvgIpc) is 3.30. The summed E-state index contributed by atoms with van der Waals surface area (Å²) in [6.07, 6.45) is 66.4. The summed E-state index contributed by atoms with van der Waals surface area (Å²) in [4.78, 5) is 38.1. The summed E-state index contributed by atoms with van der Waals surface area (Å²) in [7, 11) is 0. The molecule has 1 atom stereocenters. The fraction of sp³-hybridized carbons (Fsp3) is 0.780. The molecule has 0 heterocycles. The van der Waals surface area contributed by atoms with Crippen molar-refractivity contribution < 1.29 is 28.6 Å². The van der Waals surface area contributed by atoms with Gasteiger partial charge in [-0.25, -0.2) is 0 Å². The summed E-state index contributed by atoms with van der Waals surface area (Å²) >= 11 is 0. The molecule has 0 bridgehead atoms. The lowest BCUT2D eigenvalue weighted by molar-refractivity contribution is -0.167. The Balaban J connectivity index is 4.40. The van der Waals surface area contributed by atoms with Crippen LogP contribution < -0.4 is 0 Å². The molecule has 0 aliphatic carbocycles. The third-order valence-electron chi connectivity index (χ3n) is 12.0. The molecule has 0 aromatic rings. The van der Waals surface area contributed by atoms with Gasteiger partial charge in [0.2, 0.25) is 0 Å². The van der Waals surface area contributed by atoms with E-state index in [9.17, 15) is 14.4 Å². The molecular formula is C59H104O6. The minimum absolute atomic E-state index is 0.0868. The van der Waals surface area contributed by atoms with Crippen LogP contribution in [0.1, 0.15) is 278 Å². The topological polar surface area (TPSA) is 78.9 Å². The van der Waals surface area contributed by atoms with Crippen LogP contribution in [0, 0.1) is 0 Å². The van der Waals surface area contributed by atoms with Crippen LogP contribution in [0.3, 0.4) is 0 Å². The first-order valence-electron chi connectivity index (χ1n) is 27.8. The second-order valence-corrected chi connectivity index (χ2v) is 18.5. The average molecular weight is 909 g/mol. The molecule has 6 nitrogen and oxygen atoms in total. The summed E-state index contributed by atoms with van der Waals surface area (Å²) in [5.74, 6) is -0.918. The normalized spacial score (nSPS) is 12.5. The van der Waals surface area contributed by atoms with E-state index in [4.69, 9.17) is 14.2 Å². The Bertz CT molecular complexity index is 1180. The number of ether oxygens (including phenoxy) is 3. The van der Waals surface area contributed by atoms with Crippen molar-refractivity contribution in [1.82, 2.24) is 0 Å². The zero-order valence-corrected chi connectivity index (χ0v) is 43.0. The Morgan fingerprint density at radius 2 is 0.600 bits per heavy atom. The minimum Gasteiger partial charge on any atom is -0.462 e. The van der Waals surface area contributed by atoms with E-state index >= 15 is 0 Å². The van der Waals surface area contributed by atoms with Gasteiger partial charge in [0.15, 0.2) is 6.10 Å². The van der Waals surface area contributed by atoms with Crippen LogP contribution in [0.25, 0.3) is 0 Å². The Morgan fingerprint density at radius 1 is 0.323 bits per heavy atom. The summed E-state index contributed by atoms with van der Waals surface area (Å²) in [5.41, 5.74) is 0. The number of carbonyl (C=O) groups excluding carboxylic acids is 3. The fourth-order valence-corrected chi connectivity index (χ4v) is 7.80. The Hall–Kier alpha value is -2.89. The molecule has 0 aliphatic rings. The van der Waals surface area contributed by atoms with Crippen molar-refractivity contribution in [2.45, 2.75) is 284 Å². The quantitative estimate of drug-likeness (QED) is 0.0262. The van der Waals surface area contributed by atoms with Crippen LogP contribution in [0.5, 0.6) is 0 Å². The largest absolute Gasteiger partial charge is 0.462 e. The van der Waals surface area contributed by atoms with Gasteiger partial charge < -0.3 is 14.2 Å². The lowest BCUT2D eigenvalue weighted by atomic mass is 10.1. The van der Waals surface area contributed by atoms with E-state index in [2.05, 4.69) is 81.5 Å². The lowest BCUT2D eigenvalue weighted by Crippen LogP contribution is -2.30. The van der Waals surface area contributed by atoms with Crippen LogP contribution in [0.15, 0.2) is 60.8 Å². The number of allylic oxidation sites excluding steroid dienone is 10. The molecular weight excluding hydrogens is 805 g/mol. The van der Waals surface area contributed by atoms with Gasteiger partial charge in [-0.05, 0) is 103 Å². The van der Waals surface area contributed by atoms with Crippen LogP contribution in [-0.4, -0.2) is 37.2 Å². The predicted molar refractivity (Wildman–Crippen MR) is 279 cm³/mol. The van der Waals surface area contributed by atoms with E-state index in [-0.39, 0.29) is 31.1 Å². The maximum Gasteiger partial charge on any atom is 0.306 e. The SMILES string of the molecule is CC/C=C\C/C=C\C/C=C\CCCCCC(=O)OCC(COC(=O)CCCCCCCCC/C=C\CCCCCCCC)OC(=O)CCCCCCCCC/C=C\CCCCCCCC. The summed E-state index contributed by atoms with van der Waals surface area (Å²) in [6, 6.07) is 0. The Labute approximate surface area is 402 Å². The molecule has 0 spiro atoms. The maximum atomic E-state index is 12.8. The molecule has 6 heteroatoms. The van der Waals surface area contributed by atoms with Crippen LogP contribution in [0.2, 0.25) is 0 Å². The highest BCUT2D eigenvalue weighted by molar-refractivity contribution is 5.71. The Kier molecular flexibility index (Phi) is 51.3. The first kappa shape index (κ1) is 62.1. The van der Waals surface area contributed by atoms with Crippen LogP contribution in [-0.2, 0) is 28.6 Å². The van der Waals surface area contributed by atoms with Gasteiger partial charge in [-0.1, -0.05) is 216 Å². The van der Waals surface area contributed by atoms with E-state index in [0.29, 0.717) is 19.3 Å². The molecule has 0 aromatic heterocycles. The molecule has 376 valence electrons. The van der Waals surface area contributed by atoms with Crippen molar-refractivity contribution in [3.8, 4) is 0 Å². The van der Waals surface area contributed by atoms with Crippen molar-refractivity contribution in [2.75, 3.05) is 13.2 Å². The van der Waals surface area contributed by atoms with E-state index < -0.39 is 6.10 Å². The van der Waals surface area contributed by atoms with Crippen LogP contribution in [0.4, 0.5) is 0 Å². The number of unbranched alkanes of at least 4 members (excludes halogenated alkanes) is 29.